The molecule has 1 aliphatic heterocycles. The van der Waals surface area contributed by atoms with E-state index in [1.807, 2.05) is 0 Å². The van der Waals surface area contributed by atoms with Crippen molar-refractivity contribution in [2.45, 2.75) is 9.79 Å². The van der Waals surface area contributed by atoms with Crippen LogP contribution < -0.4 is 24.2 Å². The van der Waals surface area contributed by atoms with E-state index in [2.05, 4.69) is 25.0 Å². The lowest BCUT2D eigenvalue weighted by Gasteiger charge is -2.27. The van der Waals surface area contributed by atoms with E-state index < -0.39 is 16.1 Å². The van der Waals surface area contributed by atoms with Crippen LogP contribution in [0.15, 0.2) is 76.9 Å². The molecule has 1 saturated heterocycles. The van der Waals surface area contributed by atoms with Crippen molar-refractivity contribution in [2.75, 3.05) is 62.9 Å². The first-order valence-corrected chi connectivity index (χ1v) is 17.7. The van der Waals surface area contributed by atoms with Crippen molar-refractivity contribution in [1.82, 2.24) is 19.9 Å². The largest absolute Gasteiger partial charge is 0.497 e. The molecular formula is C31H31ClN6O9S2. The van der Waals surface area contributed by atoms with Crippen molar-refractivity contribution in [3.63, 3.8) is 0 Å². The molecule has 4 aromatic rings. The summed E-state index contributed by atoms with van der Waals surface area (Å²) in [6, 6.07) is 13.9. The second kappa shape index (κ2) is 16.5. The van der Waals surface area contributed by atoms with Gasteiger partial charge in [-0.15, -0.1) is 11.8 Å². The number of anilines is 2. The SMILES string of the molecule is COc1ccc(Cl)c(Oc2c(NS(=O)(=O)c3ccc(SC)c(C(=O)N4CCOCC4)c3)ncnc2OCCOC(=O)Nc2ccccn2)c1. The highest BCUT2D eigenvalue weighted by Gasteiger charge is 2.27. The van der Waals surface area contributed by atoms with Gasteiger partial charge in [0.1, 0.15) is 36.9 Å². The predicted octanol–water partition coefficient (Wildman–Crippen LogP) is 4.95. The van der Waals surface area contributed by atoms with Gasteiger partial charge in [-0.3, -0.25) is 14.8 Å². The second-order valence-electron chi connectivity index (χ2n) is 9.95. The lowest BCUT2D eigenvalue weighted by molar-refractivity contribution is 0.0300. The molecule has 49 heavy (non-hydrogen) atoms. The summed E-state index contributed by atoms with van der Waals surface area (Å²) in [4.78, 5) is 39.8. The Kier molecular flexibility index (Phi) is 12.0. The Bertz CT molecular complexity index is 1900. The van der Waals surface area contributed by atoms with E-state index in [1.54, 1.807) is 41.5 Å². The number of morpholine rings is 1. The van der Waals surface area contributed by atoms with Crippen LogP contribution in [0, 0.1) is 0 Å². The maximum Gasteiger partial charge on any atom is 0.412 e. The molecule has 2 amide bonds. The van der Waals surface area contributed by atoms with Crippen LogP contribution in [0.1, 0.15) is 10.4 Å². The Hall–Kier alpha value is -4.84. The number of benzene rings is 2. The first-order chi connectivity index (χ1) is 23.7. The van der Waals surface area contributed by atoms with E-state index >= 15 is 0 Å². The lowest BCUT2D eigenvalue weighted by Crippen LogP contribution is -2.41. The summed E-state index contributed by atoms with van der Waals surface area (Å²) in [5, 5.41) is 2.64. The number of nitrogens with one attached hydrogen (secondary N) is 2. The van der Waals surface area contributed by atoms with Gasteiger partial charge in [-0.1, -0.05) is 17.7 Å². The van der Waals surface area contributed by atoms with Crippen LogP contribution in [0.3, 0.4) is 0 Å². The normalized spacial score (nSPS) is 12.9. The first-order valence-electron chi connectivity index (χ1n) is 14.6. The summed E-state index contributed by atoms with van der Waals surface area (Å²) < 4.78 is 57.5. The van der Waals surface area contributed by atoms with Gasteiger partial charge in [0, 0.05) is 30.2 Å². The molecule has 5 rings (SSSR count). The number of sulfonamides is 1. The topological polar surface area (TPSA) is 180 Å². The van der Waals surface area contributed by atoms with E-state index in [0.29, 0.717) is 42.8 Å². The van der Waals surface area contributed by atoms with E-state index in [1.165, 1.54) is 49.3 Å². The standard InChI is InChI=1S/C31H31ClN6O9S2/c1-43-20-6-8-23(32)24(17-20)47-27-28(34-19-35-29(27)45-15-16-46-31(40)36-26-5-3-4-10-33-26)37-49(41,42)21-7-9-25(48-2)22(18-21)30(39)38-11-13-44-14-12-38/h3-10,17-19H,11-16H2,1-2H3,(H,33,36,40)(H,34,35,37). The average molecular weight is 731 g/mol. The van der Waals surface area contributed by atoms with Crippen LogP contribution in [0.2, 0.25) is 5.02 Å². The molecule has 2 N–H and O–H groups in total. The van der Waals surface area contributed by atoms with Crippen molar-refractivity contribution in [1.29, 1.82) is 0 Å². The highest BCUT2D eigenvalue weighted by molar-refractivity contribution is 7.98. The molecule has 2 aromatic heterocycles. The molecule has 3 heterocycles. The quantitative estimate of drug-likeness (QED) is 0.140. The number of rotatable bonds is 13. The number of hydrogen-bond donors (Lipinski definition) is 2. The van der Waals surface area contributed by atoms with E-state index in [9.17, 15) is 18.0 Å². The van der Waals surface area contributed by atoms with Gasteiger partial charge in [-0.05, 0) is 48.7 Å². The van der Waals surface area contributed by atoms with Crippen LogP contribution in [0.4, 0.5) is 16.4 Å². The summed E-state index contributed by atoms with van der Waals surface area (Å²) >= 11 is 7.71. The van der Waals surface area contributed by atoms with E-state index in [4.69, 9.17) is 35.3 Å². The van der Waals surface area contributed by atoms with Crippen molar-refractivity contribution in [3.05, 3.63) is 77.7 Å². The van der Waals surface area contributed by atoms with Gasteiger partial charge in [0.15, 0.2) is 5.82 Å². The zero-order valence-electron chi connectivity index (χ0n) is 26.3. The number of thioether (sulfide) groups is 1. The minimum absolute atomic E-state index is 0.0785. The van der Waals surface area contributed by atoms with Gasteiger partial charge in [0.05, 0.1) is 35.8 Å². The molecule has 0 bridgehead atoms. The van der Waals surface area contributed by atoms with Crippen molar-refractivity contribution < 1.29 is 41.7 Å². The van der Waals surface area contributed by atoms with Crippen LogP contribution in [-0.4, -0.2) is 93.2 Å². The van der Waals surface area contributed by atoms with Crippen LogP contribution in [0.5, 0.6) is 23.1 Å². The third-order valence-electron chi connectivity index (χ3n) is 6.81. The zero-order chi connectivity index (χ0) is 34.8. The molecule has 2 aromatic carbocycles. The summed E-state index contributed by atoms with van der Waals surface area (Å²) in [6.07, 6.45) is 3.60. The van der Waals surface area contributed by atoms with Crippen molar-refractivity contribution in [2.24, 2.45) is 0 Å². The Balaban J connectivity index is 1.40. The highest BCUT2D eigenvalue weighted by Crippen LogP contribution is 2.40. The number of carbonyl (C=O) groups excluding carboxylic acids is 2. The third-order valence-corrected chi connectivity index (χ3v) is 9.26. The van der Waals surface area contributed by atoms with Gasteiger partial charge in [-0.25, -0.2) is 23.2 Å². The summed E-state index contributed by atoms with van der Waals surface area (Å²) in [5.41, 5.74) is 0.232. The summed E-state index contributed by atoms with van der Waals surface area (Å²) in [5.74, 6) is -0.268. The Morgan fingerprint density at radius 3 is 2.59 bits per heavy atom. The Labute approximate surface area is 291 Å². The van der Waals surface area contributed by atoms with Gasteiger partial charge in [-0.2, -0.15) is 4.98 Å². The zero-order valence-corrected chi connectivity index (χ0v) is 28.6. The molecule has 1 fully saturated rings. The number of aromatic nitrogens is 3. The molecule has 15 nitrogen and oxygen atoms in total. The maximum atomic E-state index is 13.8. The van der Waals surface area contributed by atoms with Gasteiger partial charge < -0.3 is 28.6 Å². The van der Waals surface area contributed by atoms with Crippen LogP contribution in [-0.2, 0) is 19.5 Å². The molecule has 0 radical (unpaired) electrons. The fraction of sp³-hybridized carbons (Fsp3) is 0.258. The number of halogens is 1. The molecule has 18 heteroatoms. The number of methoxy groups -OCH3 is 1. The van der Waals surface area contributed by atoms with Crippen LogP contribution in [0.25, 0.3) is 0 Å². The maximum absolute atomic E-state index is 13.8. The molecule has 0 unspecified atom stereocenters. The monoisotopic (exact) mass is 730 g/mol. The Morgan fingerprint density at radius 2 is 1.86 bits per heavy atom. The number of hydrogen-bond acceptors (Lipinski definition) is 13. The summed E-state index contributed by atoms with van der Waals surface area (Å²) in [7, 11) is -2.91. The minimum Gasteiger partial charge on any atom is -0.497 e. The van der Waals surface area contributed by atoms with E-state index in [-0.39, 0.29) is 57.8 Å². The number of ether oxygens (including phenoxy) is 5. The van der Waals surface area contributed by atoms with Crippen molar-refractivity contribution in [3.8, 4) is 23.1 Å². The Morgan fingerprint density at radius 1 is 1.04 bits per heavy atom. The van der Waals surface area contributed by atoms with Gasteiger partial charge in [0.2, 0.25) is 5.75 Å². The molecular weight excluding hydrogens is 700 g/mol. The number of carbonyl (C=O) groups is 2. The fourth-order valence-corrected chi connectivity index (χ4v) is 6.18. The van der Waals surface area contributed by atoms with Gasteiger partial charge >= 0.3 is 6.09 Å². The fourth-order valence-electron chi connectivity index (χ4n) is 4.42. The predicted molar refractivity (Wildman–Crippen MR) is 181 cm³/mol. The third kappa shape index (κ3) is 9.20. The van der Waals surface area contributed by atoms with Crippen molar-refractivity contribution >= 4 is 57.0 Å². The van der Waals surface area contributed by atoms with Crippen LogP contribution >= 0.6 is 23.4 Å². The van der Waals surface area contributed by atoms with Gasteiger partial charge in [0.25, 0.3) is 21.8 Å². The highest BCUT2D eigenvalue weighted by atomic mass is 35.5. The molecule has 0 saturated carbocycles. The number of nitrogens with zero attached hydrogens (tertiary/aromatic N) is 4. The second-order valence-corrected chi connectivity index (χ2v) is 12.9. The van der Waals surface area contributed by atoms with E-state index in [0.717, 1.165) is 6.33 Å². The first kappa shape index (κ1) is 35.5. The number of amides is 2. The molecule has 1 aliphatic rings. The molecule has 0 spiro atoms. The molecule has 258 valence electrons. The average Bonchev–Trinajstić information content (AvgIpc) is 3.12. The smallest absolute Gasteiger partial charge is 0.412 e. The molecule has 0 atom stereocenters. The number of pyridine rings is 1. The molecule has 0 aliphatic carbocycles. The lowest BCUT2D eigenvalue weighted by atomic mass is 10.2. The summed E-state index contributed by atoms with van der Waals surface area (Å²) in [6.45, 7) is 1.14. The minimum atomic E-state index is -4.37.